The van der Waals surface area contributed by atoms with Crippen molar-refractivity contribution in [3.05, 3.63) is 65.7 Å². The van der Waals surface area contributed by atoms with Crippen molar-refractivity contribution in [2.45, 2.75) is 12.8 Å². The number of carbonyl (C=O) groups excluding carboxylic acids is 3. The molecule has 0 radical (unpaired) electrons. The second-order valence-electron chi connectivity index (χ2n) is 5.37. The van der Waals surface area contributed by atoms with Crippen LogP contribution in [0.25, 0.3) is 0 Å². The molecule has 0 bridgehead atoms. The largest absolute Gasteiger partial charge is 0.465 e. The summed E-state index contributed by atoms with van der Waals surface area (Å²) >= 11 is 0. The van der Waals surface area contributed by atoms with E-state index < -0.39 is 17.8 Å². The third kappa shape index (κ3) is 5.76. The summed E-state index contributed by atoms with van der Waals surface area (Å²) < 4.78 is 4.59. The number of hydrogen-bond acceptors (Lipinski definition) is 4. The summed E-state index contributed by atoms with van der Waals surface area (Å²) in [4.78, 5) is 35.0. The van der Waals surface area contributed by atoms with Crippen molar-refractivity contribution in [2.24, 2.45) is 0 Å². The molecule has 0 saturated carbocycles. The number of rotatable bonds is 6. The molecule has 130 valence electrons. The molecule has 0 heterocycles. The van der Waals surface area contributed by atoms with Gasteiger partial charge in [-0.3, -0.25) is 9.59 Å². The van der Waals surface area contributed by atoms with E-state index in [0.717, 1.165) is 12.8 Å². The second-order valence-corrected chi connectivity index (χ2v) is 5.37. The minimum Gasteiger partial charge on any atom is -0.465 e. The third-order valence-corrected chi connectivity index (χ3v) is 3.54. The van der Waals surface area contributed by atoms with Crippen LogP contribution in [0.5, 0.6) is 0 Å². The molecule has 2 aromatic rings. The summed E-state index contributed by atoms with van der Waals surface area (Å²) in [5, 5.41) is 5.07. The van der Waals surface area contributed by atoms with Gasteiger partial charge in [0.25, 0.3) is 0 Å². The number of anilines is 1. The van der Waals surface area contributed by atoms with Crippen molar-refractivity contribution < 1.29 is 19.1 Å². The van der Waals surface area contributed by atoms with E-state index in [1.165, 1.54) is 36.9 Å². The number of methoxy groups -OCH3 is 1. The average Bonchev–Trinajstić information content (AvgIpc) is 2.65. The number of carbonyl (C=O) groups is 3. The monoisotopic (exact) mass is 340 g/mol. The SMILES string of the molecule is COC(=O)c1ccc(NC(=O)C(=O)NCCCc2ccccc2)cc1. The fourth-order valence-corrected chi connectivity index (χ4v) is 2.21. The fraction of sp³-hybridized carbons (Fsp3) is 0.211. The van der Waals surface area contributed by atoms with Gasteiger partial charge in [0.15, 0.2) is 0 Å². The van der Waals surface area contributed by atoms with Crippen LogP contribution in [0.4, 0.5) is 5.69 Å². The molecule has 2 N–H and O–H groups in total. The van der Waals surface area contributed by atoms with Crippen LogP contribution in [0.3, 0.4) is 0 Å². The van der Waals surface area contributed by atoms with Crippen molar-refractivity contribution >= 4 is 23.5 Å². The van der Waals surface area contributed by atoms with Crippen LogP contribution in [0.15, 0.2) is 54.6 Å². The van der Waals surface area contributed by atoms with Crippen LogP contribution in [0.1, 0.15) is 22.3 Å². The van der Waals surface area contributed by atoms with Gasteiger partial charge in [-0.25, -0.2) is 4.79 Å². The molecule has 0 spiro atoms. The minimum absolute atomic E-state index is 0.367. The normalized spacial score (nSPS) is 9.96. The summed E-state index contributed by atoms with van der Waals surface area (Å²) in [6.07, 6.45) is 1.58. The zero-order valence-corrected chi connectivity index (χ0v) is 14.0. The number of nitrogens with one attached hydrogen (secondary N) is 2. The number of amides is 2. The zero-order chi connectivity index (χ0) is 18.1. The Bertz CT molecular complexity index is 727. The summed E-state index contributed by atoms with van der Waals surface area (Å²) in [5.74, 6) is -1.90. The first-order valence-corrected chi connectivity index (χ1v) is 7.91. The lowest BCUT2D eigenvalue weighted by atomic mass is 10.1. The Morgan fingerprint density at radius 3 is 2.24 bits per heavy atom. The van der Waals surface area contributed by atoms with Gasteiger partial charge in [0, 0.05) is 12.2 Å². The fourth-order valence-electron chi connectivity index (χ4n) is 2.21. The topological polar surface area (TPSA) is 84.5 Å². The van der Waals surface area contributed by atoms with E-state index in [4.69, 9.17) is 0 Å². The van der Waals surface area contributed by atoms with Crippen LogP contribution in [0.2, 0.25) is 0 Å². The van der Waals surface area contributed by atoms with Gasteiger partial charge < -0.3 is 15.4 Å². The molecule has 6 nitrogen and oxygen atoms in total. The molecule has 0 aliphatic rings. The molecule has 0 aliphatic carbocycles. The Kier molecular flexibility index (Phi) is 6.71. The lowest BCUT2D eigenvalue weighted by Gasteiger charge is -2.07. The van der Waals surface area contributed by atoms with E-state index in [-0.39, 0.29) is 0 Å². The van der Waals surface area contributed by atoms with Gasteiger partial charge in [-0.2, -0.15) is 0 Å². The highest BCUT2D eigenvalue weighted by molar-refractivity contribution is 6.39. The second kappa shape index (κ2) is 9.22. The quantitative estimate of drug-likeness (QED) is 0.479. The average molecular weight is 340 g/mol. The lowest BCUT2D eigenvalue weighted by molar-refractivity contribution is -0.136. The van der Waals surface area contributed by atoms with E-state index in [9.17, 15) is 14.4 Å². The van der Waals surface area contributed by atoms with E-state index >= 15 is 0 Å². The number of hydrogen-bond donors (Lipinski definition) is 2. The zero-order valence-electron chi connectivity index (χ0n) is 14.0. The van der Waals surface area contributed by atoms with Crippen molar-refractivity contribution in [1.82, 2.24) is 5.32 Å². The van der Waals surface area contributed by atoms with Gasteiger partial charge in [-0.15, -0.1) is 0 Å². The molecule has 0 unspecified atom stereocenters. The van der Waals surface area contributed by atoms with Gasteiger partial charge in [0.1, 0.15) is 0 Å². The Labute approximate surface area is 146 Å². The molecule has 2 aromatic carbocycles. The molecule has 0 saturated heterocycles. The van der Waals surface area contributed by atoms with Crippen molar-refractivity contribution in [3.8, 4) is 0 Å². The molecule has 25 heavy (non-hydrogen) atoms. The van der Waals surface area contributed by atoms with Gasteiger partial charge >= 0.3 is 17.8 Å². The van der Waals surface area contributed by atoms with Crippen LogP contribution >= 0.6 is 0 Å². The van der Waals surface area contributed by atoms with Crippen LogP contribution in [-0.2, 0) is 20.7 Å². The summed E-state index contributed by atoms with van der Waals surface area (Å²) in [7, 11) is 1.29. The van der Waals surface area contributed by atoms with Crippen molar-refractivity contribution in [3.63, 3.8) is 0 Å². The molecular formula is C19H20N2O4. The van der Waals surface area contributed by atoms with Crippen molar-refractivity contribution in [2.75, 3.05) is 19.0 Å². The molecular weight excluding hydrogens is 320 g/mol. The number of esters is 1. The minimum atomic E-state index is -0.745. The number of benzene rings is 2. The maximum absolute atomic E-state index is 11.8. The highest BCUT2D eigenvalue weighted by atomic mass is 16.5. The van der Waals surface area contributed by atoms with E-state index in [2.05, 4.69) is 15.4 Å². The Hall–Kier alpha value is -3.15. The number of ether oxygens (including phenoxy) is 1. The maximum Gasteiger partial charge on any atom is 0.337 e. The van der Waals surface area contributed by atoms with Crippen molar-refractivity contribution in [1.29, 1.82) is 0 Å². The first-order valence-electron chi connectivity index (χ1n) is 7.91. The van der Waals surface area contributed by atoms with Gasteiger partial charge in [-0.05, 0) is 42.7 Å². The lowest BCUT2D eigenvalue weighted by Crippen LogP contribution is -2.36. The Balaban J connectivity index is 1.74. The molecule has 0 aromatic heterocycles. The summed E-state index contributed by atoms with van der Waals surface area (Å²) in [6, 6.07) is 16.0. The molecule has 6 heteroatoms. The standard InChI is InChI=1S/C19H20N2O4/c1-25-19(24)15-9-11-16(12-10-15)21-18(23)17(22)20-13-5-8-14-6-3-2-4-7-14/h2-4,6-7,9-12H,5,8,13H2,1H3,(H,20,22)(H,21,23). The van der Waals surface area contributed by atoms with Gasteiger partial charge in [0.2, 0.25) is 0 Å². The van der Waals surface area contributed by atoms with E-state index in [1.807, 2.05) is 30.3 Å². The van der Waals surface area contributed by atoms with Crippen LogP contribution < -0.4 is 10.6 Å². The van der Waals surface area contributed by atoms with E-state index in [0.29, 0.717) is 17.8 Å². The van der Waals surface area contributed by atoms with Crippen LogP contribution in [0, 0.1) is 0 Å². The molecule has 2 amide bonds. The molecule has 0 fully saturated rings. The summed E-state index contributed by atoms with van der Waals surface area (Å²) in [6.45, 7) is 0.419. The highest BCUT2D eigenvalue weighted by Gasteiger charge is 2.13. The van der Waals surface area contributed by atoms with Gasteiger partial charge in [-0.1, -0.05) is 30.3 Å². The smallest absolute Gasteiger partial charge is 0.337 e. The molecule has 2 rings (SSSR count). The predicted molar refractivity (Wildman–Crippen MR) is 94.2 cm³/mol. The first-order chi connectivity index (χ1) is 12.1. The Morgan fingerprint density at radius 1 is 0.920 bits per heavy atom. The van der Waals surface area contributed by atoms with Gasteiger partial charge in [0.05, 0.1) is 12.7 Å². The molecule has 0 atom stereocenters. The Morgan fingerprint density at radius 2 is 1.60 bits per heavy atom. The maximum atomic E-state index is 11.8. The predicted octanol–water partition coefficient (Wildman–Crippen LogP) is 2.16. The molecule has 0 aliphatic heterocycles. The highest BCUT2D eigenvalue weighted by Crippen LogP contribution is 2.10. The summed E-state index contributed by atoms with van der Waals surface area (Å²) in [5.41, 5.74) is 1.98. The number of aryl methyl sites for hydroxylation is 1. The van der Waals surface area contributed by atoms with E-state index in [1.54, 1.807) is 0 Å². The van der Waals surface area contributed by atoms with Crippen LogP contribution in [-0.4, -0.2) is 31.4 Å². The first kappa shape index (κ1) is 18.2. The third-order valence-electron chi connectivity index (χ3n) is 3.54.